The maximum Gasteiger partial charge on any atom is 0.181 e. The Morgan fingerprint density at radius 2 is 2.00 bits per heavy atom. The molecule has 0 atom stereocenters. The van der Waals surface area contributed by atoms with Crippen LogP contribution in [0.5, 0.6) is 0 Å². The molecule has 0 spiro atoms. The summed E-state index contributed by atoms with van der Waals surface area (Å²) in [5.74, 6) is 1.69. The zero-order valence-electron chi connectivity index (χ0n) is 9.62. The smallest absolute Gasteiger partial charge is 0.181 e. The lowest BCUT2D eigenvalue weighted by molar-refractivity contribution is 0.758. The maximum atomic E-state index is 4.44. The number of rotatable bonds is 4. The van der Waals surface area contributed by atoms with Crippen molar-refractivity contribution in [1.29, 1.82) is 0 Å². The van der Waals surface area contributed by atoms with Crippen LogP contribution in [0, 0.1) is 6.92 Å². The van der Waals surface area contributed by atoms with E-state index in [-0.39, 0.29) is 0 Å². The van der Waals surface area contributed by atoms with E-state index in [9.17, 15) is 0 Å². The van der Waals surface area contributed by atoms with E-state index in [4.69, 9.17) is 0 Å². The molecule has 0 aliphatic heterocycles. The highest BCUT2D eigenvalue weighted by atomic mass is 15.2. The lowest BCUT2D eigenvalue weighted by Gasteiger charge is -1.95. The molecule has 0 bridgehead atoms. The fourth-order valence-corrected chi connectivity index (χ4v) is 1.48. The first kappa shape index (κ1) is 10.8. The number of aromatic nitrogens is 3. The predicted octanol–water partition coefficient (Wildman–Crippen LogP) is 1.54. The van der Waals surface area contributed by atoms with Gasteiger partial charge in [0.2, 0.25) is 0 Å². The van der Waals surface area contributed by atoms with Crippen molar-refractivity contribution in [2.45, 2.75) is 13.3 Å². The summed E-state index contributed by atoms with van der Waals surface area (Å²) in [7, 11) is 1.93. The van der Waals surface area contributed by atoms with Crippen LogP contribution in [0.25, 0.3) is 11.4 Å². The summed E-state index contributed by atoms with van der Waals surface area (Å²) >= 11 is 0. The van der Waals surface area contributed by atoms with Gasteiger partial charge < -0.3 is 5.32 Å². The van der Waals surface area contributed by atoms with Gasteiger partial charge in [0.15, 0.2) is 5.82 Å². The lowest BCUT2D eigenvalue weighted by atomic mass is 10.1. The highest BCUT2D eigenvalue weighted by Gasteiger charge is 2.04. The predicted molar refractivity (Wildman–Crippen MR) is 64.2 cm³/mol. The fraction of sp³-hybridized carbons (Fsp3) is 0.333. The molecule has 1 heterocycles. The summed E-state index contributed by atoms with van der Waals surface area (Å²) in [6, 6.07) is 8.22. The normalized spacial score (nSPS) is 10.6. The minimum Gasteiger partial charge on any atom is -0.319 e. The SMILES string of the molecule is CNCCc1nc(-c2ccc(C)cc2)n[nH]1. The molecular weight excluding hydrogens is 200 g/mol. The third kappa shape index (κ3) is 2.46. The molecule has 2 aromatic rings. The van der Waals surface area contributed by atoms with Gasteiger partial charge in [-0.05, 0) is 14.0 Å². The summed E-state index contributed by atoms with van der Waals surface area (Å²) in [5.41, 5.74) is 2.30. The Labute approximate surface area is 95.1 Å². The van der Waals surface area contributed by atoms with Crippen LogP contribution in [0.4, 0.5) is 0 Å². The highest BCUT2D eigenvalue weighted by molar-refractivity contribution is 5.54. The Kier molecular flexibility index (Phi) is 3.31. The Bertz CT molecular complexity index is 444. The van der Waals surface area contributed by atoms with Crippen molar-refractivity contribution in [3.05, 3.63) is 35.7 Å². The van der Waals surface area contributed by atoms with E-state index in [0.717, 1.165) is 30.2 Å². The number of likely N-dealkylation sites (N-methyl/N-ethyl adjacent to an activating group) is 1. The van der Waals surface area contributed by atoms with E-state index in [1.807, 2.05) is 19.2 Å². The Hall–Kier alpha value is -1.68. The standard InChI is InChI=1S/C12H16N4/c1-9-3-5-10(6-4-9)12-14-11(15-16-12)7-8-13-2/h3-6,13H,7-8H2,1-2H3,(H,14,15,16). The summed E-state index contributed by atoms with van der Waals surface area (Å²) in [5, 5.41) is 10.2. The van der Waals surface area contributed by atoms with Gasteiger partial charge in [0.25, 0.3) is 0 Å². The number of nitrogens with one attached hydrogen (secondary N) is 2. The topological polar surface area (TPSA) is 53.6 Å². The van der Waals surface area contributed by atoms with Crippen molar-refractivity contribution in [3.8, 4) is 11.4 Å². The lowest BCUT2D eigenvalue weighted by Crippen LogP contribution is -2.11. The largest absolute Gasteiger partial charge is 0.319 e. The molecule has 4 heteroatoms. The molecule has 0 fully saturated rings. The fourth-order valence-electron chi connectivity index (χ4n) is 1.48. The number of aryl methyl sites for hydroxylation is 1. The van der Waals surface area contributed by atoms with Crippen molar-refractivity contribution in [2.24, 2.45) is 0 Å². The molecule has 1 aromatic carbocycles. The molecule has 4 nitrogen and oxygen atoms in total. The van der Waals surface area contributed by atoms with Gasteiger partial charge in [-0.2, -0.15) is 5.10 Å². The van der Waals surface area contributed by atoms with Gasteiger partial charge in [-0.15, -0.1) is 0 Å². The zero-order valence-corrected chi connectivity index (χ0v) is 9.62. The molecule has 0 amide bonds. The van der Waals surface area contributed by atoms with Gasteiger partial charge in [0.05, 0.1) is 0 Å². The summed E-state index contributed by atoms with van der Waals surface area (Å²) in [6.07, 6.45) is 0.870. The number of hydrogen-bond donors (Lipinski definition) is 2. The Morgan fingerprint density at radius 3 is 2.69 bits per heavy atom. The Balaban J connectivity index is 2.15. The monoisotopic (exact) mass is 216 g/mol. The van der Waals surface area contributed by atoms with Crippen molar-refractivity contribution in [1.82, 2.24) is 20.5 Å². The van der Waals surface area contributed by atoms with Gasteiger partial charge in [-0.3, -0.25) is 5.10 Å². The van der Waals surface area contributed by atoms with Crippen LogP contribution < -0.4 is 5.32 Å². The second-order valence-electron chi connectivity index (χ2n) is 3.83. The first-order valence-electron chi connectivity index (χ1n) is 5.42. The van der Waals surface area contributed by atoms with Crippen LogP contribution in [0.2, 0.25) is 0 Å². The van der Waals surface area contributed by atoms with E-state index < -0.39 is 0 Å². The third-order valence-electron chi connectivity index (χ3n) is 2.45. The second-order valence-corrected chi connectivity index (χ2v) is 3.83. The van der Waals surface area contributed by atoms with E-state index in [1.54, 1.807) is 0 Å². The minimum atomic E-state index is 0.770. The molecule has 2 N–H and O–H groups in total. The van der Waals surface area contributed by atoms with Crippen LogP contribution in [0.1, 0.15) is 11.4 Å². The van der Waals surface area contributed by atoms with E-state index >= 15 is 0 Å². The number of aromatic amines is 1. The van der Waals surface area contributed by atoms with E-state index in [0.29, 0.717) is 0 Å². The molecule has 0 radical (unpaired) electrons. The van der Waals surface area contributed by atoms with Crippen molar-refractivity contribution >= 4 is 0 Å². The van der Waals surface area contributed by atoms with Crippen LogP contribution in [0.3, 0.4) is 0 Å². The number of nitrogens with zero attached hydrogens (tertiary/aromatic N) is 2. The first-order valence-corrected chi connectivity index (χ1v) is 5.42. The maximum absolute atomic E-state index is 4.44. The van der Waals surface area contributed by atoms with Gasteiger partial charge >= 0.3 is 0 Å². The molecule has 0 saturated carbocycles. The van der Waals surface area contributed by atoms with Gasteiger partial charge in [0.1, 0.15) is 5.82 Å². The average Bonchev–Trinajstić information content (AvgIpc) is 2.76. The van der Waals surface area contributed by atoms with Crippen LogP contribution in [-0.2, 0) is 6.42 Å². The van der Waals surface area contributed by atoms with Gasteiger partial charge in [0, 0.05) is 18.5 Å². The molecule has 84 valence electrons. The van der Waals surface area contributed by atoms with Crippen LogP contribution >= 0.6 is 0 Å². The molecule has 0 aliphatic rings. The summed E-state index contributed by atoms with van der Waals surface area (Å²) < 4.78 is 0. The van der Waals surface area contributed by atoms with Crippen LogP contribution in [0.15, 0.2) is 24.3 Å². The Morgan fingerprint density at radius 1 is 1.25 bits per heavy atom. The van der Waals surface area contributed by atoms with Gasteiger partial charge in [-0.25, -0.2) is 4.98 Å². The van der Waals surface area contributed by atoms with Gasteiger partial charge in [-0.1, -0.05) is 29.8 Å². The molecule has 16 heavy (non-hydrogen) atoms. The summed E-state index contributed by atoms with van der Waals surface area (Å²) in [6.45, 7) is 2.97. The molecule has 2 rings (SSSR count). The molecule has 1 aromatic heterocycles. The van der Waals surface area contributed by atoms with Crippen molar-refractivity contribution in [3.63, 3.8) is 0 Å². The average molecular weight is 216 g/mol. The number of H-pyrrole nitrogens is 1. The quantitative estimate of drug-likeness (QED) is 0.815. The van der Waals surface area contributed by atoms with Crippen molar-refractivity contribution < 1.29 is 0 Å². The molecule has 0 unspecified atom stereocenters. The van der Waals surface area contributed by atoms with Crippen molar-refractivity contribution in [2.75, 3.05) is 13.6 Å². The van der Waals surface area contributed by atoms with E-state index in [1.165, 1.54) is 5.56 Å². The minimum absolute atomic E-state index is 0.770. The first-order chi connectivity index (χ1) is 7.79. The molecule has 0 saturated heterocycles. The highest BCUT2D eigenvalue weighted by Crippen LogP contribution is 2.14. The summed E-state index contributed by atoms with van der Waals surface area (Å²) in [4.78, 5) is 4.44. The van der Waals surface area contributed by atoms with Crippen LogP contribution in [-0.4, -0.2) is 28.8 Å². The third-order valence-corrected chi connectivity index (χ3v) is 2.45. The second kappa shape index (κ2) is 4.90. The zero-order chi connectivity index (χ0) is 11.4. The molecule has 0 aliphatic carbocycles. The molecular formula is C12H16N4. The van der Waals surface area contributed by atoms with E-state index in [2.05, 4.69) is 39.6 Å². The number of hydrogen-bond acceptors (Lipinski definition) is 3. The number of benzene rings is 1.